The van der Waals surface area contributed by atoms with E-state index in [9.17, 15) is 0 Å². The predicted molar refractivity (Wildman–Crippen MR) is 255 cm³/mol. The van der Waals surface area contributed by atoms with Crippen molar-refractivity contribution >= 4 is 54.4 Å². The lowest BCUT2D eigenvalue weighted by molar-refractivity contribution is 0.769. The Morgan fingerprint density at radius 2 is 0.820 bits per heavy atom. The molecule has 2 aromatic heterocycles. The highest BCUT2D eigenvalue weighted by Gasteiger charge is 2.46. The molecule has 0 N–H and O–H groups in total. The van der Waals surface area contributed by atoms with E-state index in [1.165, 1.54) is 105 Å². The SMILES string of the molecule is c1ccc(-n2c3ccccc3c3cc(-c4ccc5c(c4)c4cc6c(cc4n5-c4ccc5ccccc5c4)-c4ccccc4C6(c4ccccc4)c4ccccc4)ccc32)cc1. The summed E-state index contributed by atoms with van der Waals surface area (Å²) in [6.45, 7) is 0. The van der Waals surface area contributed by atoms with Crippen molar-refractivity contribution in [2.75, 3.05) is 0 Å². The quantitative estimate of drug-likeness (QED) is 0.165. The summed E-state index contributed by atoms with van der Waals surface area (Å²) in [5, 5.41) is 7.46. The lowest BCUT2D eigenvalue weighted by atomic mass is 9.67. The zero-order valence-electron chi connectivity index (χ0n) is 33.3. The topological polar surface area (TPSA) is 9.86 Å². The van der Waals surface area contributed by atoms with Gasteiger partial charge in [0.1, 0.15) is 0 Å². The number of nitrogens with zero attached hydrogens (tertiary/aromatic N) is 2. The zero-order valence-corrected chi connectivity index (χ0v) is 33.3. The standard InChI is InChI=1S/C59H38N2/c1-4-18-43(19-5-1)59(44-20-6-2-7-21-44)53-26-14-12-24-47(53)49-38-58-52(37-54(49)59)51-36-42(30-33-57(51)61(58)46-31-28-39-16-10-11-17-40(39)34-46)41-29-32-56-50(35-41)48-25-13-15-27-55(48)60(56)45-22-8-3-9-23-45/h1-38H. The van der Waals surface area contributed by atoms with Crippen LogP contribution in [0.2, 0.25) is 0 Å². The summed E-state index contributed by atoms with van der Waals surface area (Å²) < 4.78 is 4.88. The molecule has 284 valence electrons. The molecule has 13 rings (SSSR count). The smallest absolute Gasteiger partial charge is 0.0713 e. The average molecular weight is 775 g/mol. The van der Waals surface area contributed by atoms with Gasteiger partial charge < -0.3 is 9.13 Å². The number of rotatable bonds is 5. The van der Waals surface area contributed by atoms with Gasteiger partial charge in [-0.3, -0.25) is 0 Å². The summed E-state index contributed by atoms with van der Waals surface area (Å²) in [7, 11) is 0. The van der Waals surface area contributed by atoms with Gasteiger partial charge >= 0.3 is 0 Å². The molecule has 0 bridgehead atoms. The van der Waals surface area contributed by atoms with Gasteiger partial charge in [0.05, 0.1) is 27.5 Å². The molecular formula is C59H38N2. The summed E-state index contributed by atoms with van der Waals surface area (Å²) in [5.41, 5.74) is 16.8. The molecule has 10 aromatic carbocycles. The third kappa shape index (κ3) is 4.85. The van der Waals surface area contributed by atoms with Crippen LogP contribution in [0.15, 0.2) is 231 Å². The van der Waals surface area contributed by atoms with Crippen LogP contribution in [0.4, 0.5) is 0 Å². The second kappa shape index (κ2) is 13.0. The maximum atomic E-state index is 2.53. The first-order chi connectivity index (χ1) is 30.3. The molecule has 0 amide bonds. The van der Waals surface area contributed by atoms with Gasteiger partial charge in [-0.05, 0) is 122 Å². The first-order valence-electron chi connectivity index (χ1n) is 21.2. The Morgan fingerprint density at radius 1 is 0.279 bits per heavy atom. The molecule has 0 radical (unpaired) electrons. The normalized spacial score (nSPS) is 13.0. The first kappa shape index (κ1) is 34.0. The Balaban J connectivity index is 1.11. The van der Waals surface area contributed by atoms with E-state index < -0.39 is 5.41 Å². The largest absolute Gasteiger partial charge is 0.309 e. The second-order valence-electron chi connectivity index (χ2n) is 16.5. The third-order valence-corrected chi connectivity index (χ3v) is 13.4. The minimum absolute atomic E-state index is 0.490. The van der Waals surface area contributed by atoms with E-state index in [4.69, 9.17) is 0 Å². The molecule has 0 spiro atoms. The Bertz CT molecular complexity index is 3650. The Kier molecular flexibility index (Phi) is 7.26. The summed E-state index contributed by atoms with van der Waals surface area (Å²) >= 11 is 0. The monoisotopic (exact) mass is 774 g/mol. The second-order valence-corrected chi connectivity index (χ2v) is 16.5. The lowest BCUT2D eigenvalue weighted by Gasteiger charge is -2.34. The third-order valence-electron chi connectivity index (χ3n) is 13.4. The molecule has 12 aromatic rings. The minimum atomic E-state index is -0.490. The molecule has 2 heterocycles. The van der Waals surface area contributed by atoms with Crippen LogP contribution in [0.1, 0.15) is 22.3 Å². The highest BCUT2D eigenvalue weighted by molar-refractivity contribution is 6.14. The van der Waals surface area contributed by atoms with Gasteiger partial charge in [-0.2, -0.15) is 0 Å². The van der Waals surface area contributed by atoms with E-state index in [1.54, 1.807) is 0 Å². The van der Waals surface area contributed by atoms with Crippen molar-refractivity contribution < 1.29 is 0 Å². The fraction of sp³-hybridized carbons (Fsp3) is 0.0169. The van der Waals surface area contributed by atoms with E-state index in [0.717, 1.165) is 5.69 Å². The van der Waals surface area contributed by atoms with Gasteiger partial charge in [0.2, 0.25) is 0 Å². The molecule has 0 atom stereocenters. The van der Waals surface area contributed by atoms with Crippen molar-refractivity contribution in [3.05, 3.63) is 253 Å². The molecule has 0 saturated carbocycles. The molecule has 2 nitrogen and oxygen atoms in total. The average Bonchev–Trinajstić information content (AvgIpc) is 3.94. The molecular weight excluding hydrogens is 737 g/mol. The highest BCUT2D eigenvalue weighted by Crippen LogP contribution is 2.57. The summed E-state index contributed by atoms with van der Waals surface area (Å²) in [6, 6.07) is 85.5. The molecule has 0 aliphatic heterocycles. The van der Waals surface area contributed by atoms with Gasteiger partial charge in [0.25, 0.3) is 0 Å². The number of fused-ring (bicyclic) bond motifs is 10. The van der Waals surface area contributed by atoms with Gasteiger partial charge in [-0.25, -0.2) is 0 Å². The van der Waals surface area contributed by atoms with Crippen molar-refractivity contribution in [2.45, 2.75) is 5.41 Å². The minimum Gasteiger partial charge on any atom is -0.309 e. The summed E-state index contributed by atoms with van der Waals surface area (Å²) in [4.78, 5) is 0. The van der Waals surface area contributed by atoms with Crippen LogP contribution in [-0.4, -0.2) is 9.13 Å². The Labute approximate surface area is 353 Å². The van der Waals surface area contributed by atoms with Crippen LogP contribution in [0, 0.1) is 0 Å². The lowest BCUT2D eigenvalue weighted by Crippen LogP contribution is -2.28. The van der Waals surface area contributed by atoms with E-state index in [2.05, 4.69) is 240 Å². The number of para-hydroxylation sites is 2. The summed E-state index contributed by atoms with van der Waals surface area (Å²) in [5.74, 6) is 0. The predicted octanol–water partition coefficient (Wildman–Crippen LogP) is 15.1. The van der Waals surface area contributed by atoms with Crippen LogP contribution in [0.3, 0.4) is 0 Å². The van der Waals surface area contributed by atoms with Crippen LogP contribution in [0.5, 0.6) is 0 Å². The van der Waals surface area contributed by atoms with Crippen molar-refractivity contribution in [1.82, 2.24) is 9.13 Å². The molecule has 1 aliphatic rings. The Morgan fingerprint density at radius 3 is 1.54 bits per heavy atom. The van der Waals surface area contributed by atoms with Crippen molar-refractivity contribution in [2.24, 2.45) is 0 Å². The summed E-state index contributed by atoms with van der Waals surface area (Å²) in [6.07, 6.45) is 0. The van der Waals surface area contributed by atoms with Crippen LogP contribution in [-0.2, 0) is 5.41 Å². The Hall–Kier alpha value is -7.94. The van der Waals surface area contributed by atoms with E-state index in [-0.39, 0.29) is 0 Å². The van der Waals surface area contributed by atoms with Gasteiger partial charge in [-0.1, -0.05) is 164 Å². The maximum Gasteiger partial charge on any atom is 0.0713 e. The van der Waals surface area contributed by atoms with E-state index in [1.807, 2.05) is 0 Å². The highest BCUT2D eigenvalue weighted by atomic mass is 15.0. The van der Waals surface area contributed by atoms with Crippen LogP contribution < -0.4 is 0 Å². The molecule has 61 heavy (non-hydrogen) atoms. The fourth-order valence-corrected chi connectivity index (χ4v) is 10.7. The molecule has 0 saturated heterocycles. The number of hydrogen-bond donors (Lipinski definition) is 0. The van der Waals surface area contributed by atoms with Crippen LogP contribution >= 0.6 is 0 Å². The van der Waals surface area contributed by atoms with E-state index in [0.29, 0.717) is 0 Å². The van der Waals surface area contributed by atoms with Crippen molar-refractivity contribution in [1.29, 1.82) is 0 Å². The maximum absolute atomic E-state index is 2.53. The molecule has 1 aliphatic carbocycles. The van der Waals surface area contributed by atoms with Crippen LogP contribution in [0.25, 0.3) is 88.0 Å². The number of benzene rings is 10. The first-order valence-corrected chi connectivity index (χ1v) is 21.2. The van der Waals surface area contributed by atoms with Gasteiger partial charge in [-0.15, -0.1) is 0 Å². The zero-order chi connectivity index (χ0) is 40.1. The molecule has 0 fully saturated rings. The fourth-order valence-electron chi connectivity index (χ4n) is 10.7. The van der Waals surface area contributed by atoms with E-state index >= 15 is 0 Å². The van der Waals surface area contributed by atoms with Crippen molar-refractivity contribution in [3.8, 4) is 33.6 Å². The van der Waals surface area contributed by atoms with Gasteiger partial charge in [0.15, 0.2) is 0 Å². The molecule has 0 unspecified atom stereocenters. The molecule has 2 heteroatoms. The van der Waals surface area contributed by atoms with Crippen molar-refractivity contribution in [3.63, 3.8) is 0 Å². The number of hydrogen-bond acceptors (Lipinski definition) is 0. The number of aromatic nitrogens is 2. The van der Waals surface area contributed by atoms with Gasteiger partial charge in [0, 0.05) is 32.9 Å².